The minimum absolute atomic E-state index is 0.127. The molecular formula is C33H45N5O6. The summed E-state index contributed by atoms with van der Waals surface area (Å²) in [6.45, 7) is 13.8. The largest absolute Gasteiger partial charge is 0.479 e. The number of aromatic nitrogens is 2. The fourth-order valence-electron chi connectivity index (χ4n) is 6.30. The molecule has 3 aromatic rings. The topological polar surface area (TPSA) is 122 Å². The molecule has 1 fully saturated rings. The van der Waals surface area contributed by atoms with E-state index >= 15 is 0 Å². The number of hydrogen-bond acceptors (Lipinski definition) is 10. The second kappa shape index (κ2) is 11.7. The smallest absolute Gasteiger partial charge is 0.247 e. The molecule has 238 valence electrons. The minimum Gasteiger partial charge on any atom is -0.479 e. The molecule has 2 aromatic heterocycles. The Labute approximate surface area is 259 Å². The lowest BCUT2D eigenvalue weighted by Gasteiger charge is -2.36. The van der Waals surface area contributed by atoms with Crippen molar-refractivity contribution in [3.05, 3.63) is 52.3 Å². The Morgan fingerprint density at radius 2 is 1.64 bits per heavy atom. The molecule has 11 nitrogen and oxygen atoms in total. The summed E-state index contributed by atoms with van der Waals surface area (Å²) < 4.78 is 23.9. The van der Waals surface area contributed by atoms with Gasteiger partial charge in [-0.15, -0.1) is 0 Å². The molecule has 5 rings (SSSR count). The first-order chi connectivity index (χ1) is 20.7. The molecule has 1 aromatic carbocycles. The number of furan rings is 1. The van der Waals surface area contributed by atoms with Gasteiger partial charge in [0.25, 0.3) is 0 Å². The maximum Gasteiger partial charge on any atom is 0.247 e. The first-order valence-corrected chi connectivity index (χ1v) is 15.1. The Morgan fingerprint density at radius 3 is 2.20 bits per heavy atom. The third kappa shape index (κ3) is 6.13. The van der Waals surface area contributed by atoms with Crippen LogP contribution in [0.25, 0.3) is 0 Å². The van der Waals surface area contributed by atoms with Crippen molar-refractivity contribution < 1.29 is 28.5 Å². The predicted molar refractivity (Wildman–Crippen MR) is 168 cm³/mol. The number of anilines is 3. The van der Waals surface area contributed by atoms with Crippen LogP contribution in [0.4, 0.5) is 17.5 Å². The van der Waals surface area contributed by atoms with Crippen molar-refractivity contribution in [2.45, 2.75) is 77.6 Å². The molecule has 2 N–H and O–H groups in total. The van der Waals surface area contributed by atoms with Crippen molar-refractivity contribution in [3.8, 4) is 11.8 Å². The highest BCUT2D eigenvalue weighted by atomic mass is 16.5. The summed E-state index contributed by atoms with van der Waals surface area (Å²) in [6.07, 6.45) is 1.81. The number of nitrogens with one attached hydrogen (secondary N) is 1. The summed E-state index contributed by atoms with van der Waals surface area (Å²) in [5, 5.41) is 14.1. The molecule has 0 unspecified atom stereocenters. The molecule has 0 atom stereocenters. The summed E-state index contributed by atoms with van der Waals surface area (Å²) in [7, 11) is 4.97. The summed E-state index contributed by atoms with van der Waals surface area (Å²) in [4.78, 5) is 25.6. The molecule has 0 saturated carbocycles. The van der Waals surface area contributed by atoms with Crippen LogP contribution in [-0.4, -0.2) is 72.4 Å². The van der Waals surface area contributed by atoms with Crippen LogP contribution in [0.1, 0.15) is 75.5 Å². The van der Waals surface area contributed by atoms with Crippen LogP contribution in [0.2, 0.25) is 0 Å². The molecule has 0 aliphatic carbocycles. The van der Waals surface area contributed by atoms with Crippen molar-refractivity contribution in [2.24, 2.45) is 0 Å². The summed E-state index contributed by atoms with van der Waals surface area (Å²) in [6, 6.07) is 8.02. The number of aryl methyl sites for hydroxylation is 1. The SMILES string of the molecule is COc1nc(NCC2(O)CCN(C)CC2)nc(OC)c1N(C(C)=O)c1ccc(Cc2cc3c(cc2C)C(C)(C)OC3(C)C)o1. The van der Waals surface area contributed by atoms with Crippen LogP contribution in [0.15, 0.2) is 28.7 Å². The van der Waals surface area contributed by atoms with Gasteiger partial charge in [-0.2, -0.15) is 9.97 Å². The van der Waals surface area contributed by atoms with Gasteiger partial charge in [-0.3, -0.25) is 4.79 Å². The van der Waals surface area contributed by atoms with Gasteiger partial charge < -0.3 is 34.0 Å². The van der Waals surface area contributed by atoms with Gasteiger partial charge in [0.2, 0.25) is 29.5 Å². The monoisotopic (exact) mass is 607 g/mol. The Hall–Kier alpha value is -3.67. The molecule has 0 radical (unpaired) electrons. The lowest BCUT2D eigenvalue weighted by atomic mass is 9.86. The van der Waals surface area contributed by atoms with E-state index in [-0.39, 0.29) is 47.3 Å². The van der Waals surface area contributed by atoms with Crippen LogP contribution in [-0.2, 0) is 27.2 Å². The molecule has 1 saturated heterocycles. The first-order valence-electron chi connectivity index (χ1n) is 15.1. The van der Waals surface area contributed by atoms with Crippen LogP contribution in [0.5, 0.6) is 11.8 Å². The second-order valence-corrected chi connectivity index (χ2v) is 13.0. The molecule has 4 heterocycles. The number of amides is 1. The standard InChI is InChI=1S/C33H45N5O6/c1-20-16-24-25(32(5,6)44-31(24,3)4)18-22(20)17-23-10-11-26(43-23)38(21(2)39)27-28(41-8)35-30(36-29(27)42-9)34-19-33(40)12-14-37(7)15-13-33/h10-11,16,18,40H,12-15,17,19H2,1-9H3,(H,34,35,36). The zero-order chi connectivity index (χ0) is 32.0. The van der Waals surface area contributed by atoms with E-state index in [1.54, 1.807) is 6.07 Å². The number of aliphatic hydroxyl groups is 1. The number of carbonyl (C=O) groups excluding carboxylic acids is 1. The third-order valence-electron chi connectivity index (χ3n) is 8.75. The summed E-state index contributed by atoms with van der Waals surface area (Å²) in [5.74, 6) is 1.12. The number of hydrogen-bond donors (Lipinski definition) is 2. The van der Waals surface area contributed by atoms with E-state index in [1.165, 1.54) is 37.2 Å². The highest BCUT2D eigenvalue weighted by molar-refractivity contribution is 6.00. The Balaban J connectivity index is 1.42. The van der Waals surface area contributed by atoms with E-state index in [4.69, 9.17) is 18.6 Å². The predicted octanol–water partition coefficient (Wildman–Crippen LogP) is 5.04. The number of ether oxygens (including phenoxy) is 3. The van der Waals surface area contributed by atoms with Gasteiger partial charge in [0.15, 0.2) is 5.69 Å². The number of fused-ring (bicyclic) bond motifs is 1. The number of nitrogens with zero attached hydrogens (tertiary/aromatic N) is 4. The maximum atomic E-state index is 13.1. The lowest BCUT2D eigenvalue weighted by molar-refractivity contribution is -0.116. The van der Waals surface area contributed by atoms with Gasteiger partial charge in [-0.05, 0) is 82.8 Å². The molecule has 0 bridgehead atoms. The molecule has 1 amide bonds. The van der Waals surface area contributed by atoms with E-state index in [0.29, 0.717) is 25.0 Å². The molecule has 0 spiro atoms. The van der Waals surface area contributed by atoms with E-state index in [0.717, 1.165) is 24.2 Å². The second-order valence-electron chi connectivity index (χ2n) is 13.0. The molecular weight excluding hydrogens is 562 g/mol. The lowest BCUT2D eigenvalue weighted by Crippen LogP contribution is -2.47. The van der Waals surface area contributed by atoms with Crippen LogP contribution in [0, 0.1) is 6.92 Å². The first kappa shape index (κ1) is 31.7. The van der Waals surface area contributed by atoms with Crippen LogP contribution < -0.4 is 19.7 Å². The van der Waals surface area contributed by atoms with Crippen molar-refractivity contribution in [3.63, 3.8) is 0 Å². The number of likely N-dealkylation sites (tertiary alicyclic amines) is 1. The fraction of sp³-hybridized carbons (Fsp3) is 0.545. The Kier molecular flexibility index (Phi) is 8.43. The number of rotatable bonds is 9. The molecule has 44 heavy (non-hydrogen) atoms. The zero-order valence-corrected chi connectivity index (χ0v) is 27.3. The Morgan fingerprint density at radius 1 is 1.05 bits per heavy atom. The third-order valence-corrected chi connectivity index (χ3v) is 8.75. The quantitative estimate of drug-likeness (QED) is 0.342. The number of piperidine rings is 1. The van der Waals surface area contributed by atoms with Gasteiger partial charge in [0.1, 0.15) is 5.76 Å². The summed E-state index contributed by atoms with van der Waals surface area (Å²) >= 11 is 0. The molecule has 2 aliphatic heterocycles. The van der Waals surface area contributed by atoms with Gasteiger partial charge in [-0.25, -0.2) is 4.90 Å². The average Bonchev–Trinajstić information content (AvgIpc) is 3.48. The van der Waals surface area contributed by atoms with Gasteiger partial charge in [0.05, 0.1) is 31.0 Å². The van der Waals surface area contributed by atoms with Crippen molar-refractivity contribution in [1.29, 1.82) is 0 Å². The highest BCUT2D eigenvalue weighted by Gasteiger charge is 2.43. The van der Waals surface area contributed by atoms with Gasteiger partial charge in [-0.1, -0.05) is 12.1 Å². The summed E-state index contributed by atoms with van der Waals surface area (Å²) in [5.41, 5.74) is 3.22. The number of methoxy groups -OCH3 is 2. The minimum atomic E-state index is -0.874. The molecule has 2 aliphatic rings. The molecule has 11 heteroatoms. The normalized spacial score (nSPS) is 18.5. The van der Waals surface area contributed by atoms with E-state index in [2.05, 4.69) is 66.9 Å². The van der Waals surface area contributed by atoms with Crippen LogP contribution >= 0.6 is 0 Å². The Bertz CT molecular complexity index is 1510. The van der Waals surface area contributed by atoms with Gasteiger partial charge in [0, 0.05) is 39.0 Å². The van der Waals surface area contributed by atoms with Crippen molar-refractivity contribution in [1.82, 2.24) is 14.9 Å². The zero-order valence-electron chi connectivity index (χ0n) is 27.3. The fourth-order valence-corrected chi connectivity index (χ4v) is 6.30. The van der Waals surface area contributed by atoms with E-state index < -0.39 is 11.2 Å². The van der Waals surface area contributed by atoms with Crippen LogP contribution in [0.3, 0.4) is 0 Å². The van der Waals surface area contributed by atoms with E-state index in [9.17, 15) is 9.90 Å². The van der Waals surface area contributed by atoms with Crippen molar-refractivity contribution in [2.75, 3.05) is 51.1 Å². The highest BCUT2D eigenvalue weighted by Crippen LogP contribution is 2.48. The number of carbonyl (C=O) groups is 1. The van der Waals surface area contributed by atoms with Crippen molar-refractivity contribution >= 4 is 23.4 Å². The average molecular weight is 608 g/mol. The number of benzene rings is 1. The maximum absolute atomic E-state index is 13.1. The van der Waals surface area contributed by atoms with E-state index in [1.807, 2.05) is 13.1 Å². The van der Waals surface area contributed by atoms with Gasteiger partial charge >= 0.3 is 0 Å².